The molecule has 3 heterocycles. The molecular weight excluding hydrogens is 360 g/mol. The van der Waals surface area contributed by atoms with Crippen LogP contribution in [0.1, 0.15) is 12.0 Å². The molecule has 0 radical (unpaired) electrons. The van der Waals surface area contributed by atoms with Crippen molar-refractivity contribution in [3.05, 3.63) is 63.4 Å². The van der Waals surface area contributed by atoms with E-state index >= 15 is 0 Å². The van der Waals surface area contributed by atoms with E-state index in [-0.39, 0.29) is 5.56 Å². The van der Waals surface area contributed by atoms with Gasteiger partial charge >= 0.3 is 0 Å². The zero-order chi connectivity index (χ0) is 19.0. The highest BCUT2D eigenvalue weighted by molar-refractivity contribution is 7.71. The molecule has 1 aliphatic rings. The number of hydrogen-bond donors (Lipinski definition) is 1. The second kappa shape index (κ2) is 7.00. The van der Waals surface area contributed by atoms with Crippen molar-refractivity contribution in [2.24, 2.45) is 0 Å². The van der Waals surface area contributed by atoms with Gasteiger partial charge in [0.25, 0.3) is 5.56 Å². The van der Waals surface area contributed by atoms with Crippen molar-refractivity contribution < 1.29 is 4.74 Å². The van der Waals surface area contributed by atoms with Gasteiger partial charge in [0.05, 0.1) is 29.7 Å². The Morgan fingerprint density at radius 1 is 1.19 bits per heavy atom. The van der Waals surface area contributed by atoms with Gasteiger partial charge in [-0.25, -0.2) is 4.98 Å². The molecular formula is C20H20N4O2S. The molecule has 1 fully saturated rings. The molecule has 1 aliphatic heterocycles. The summed E-state index contributed by atoms with van der Waals surface area (Å²) in [5.74, 6) is 0.739. The number of methoxy groups -OCH3 is 1. The highest BCUT2D eigenvalue weighted by Crippen LogP contribution is 2.33. The first kappa shape index (κ1) is 17.5. The Labute approximate surface area is 162 Å². The molecule has 0 amide bonds. The number of benzene rings is 1. The van der Waals surface area contributed by atoms with Crippen molar-refractivity contribution in [3.8, 4) is 22.7 Å². The van der Waals surface area contributed by atoms with Crippen LogP contribution in [0.3, 0.4) is 0 Å². The summed E-state index contributed by atoms with van der Waals surface area (Å²) in [6.45, 7) is 3.79. The number of ether oxygens (including phenoxy) is 1. The lowest BCUT2D eigenvalue weighted by molar-refractivity contribution is 0.414. The zero-order valence-electron chi connectivity index (χ0n) is 15.2. The van der Waals surface area contributed by atoms with Gasteiger partial charge in [0.2, 0.25) is 0 Å². The van der Waals surface area contributed by atoms with Crippen molar-refractivity contribution >= 4 is 17.9 Å². The maximum absolute atomic E-state index is 13.0. The maximum Gasteiger partial charge on any atom is 0.261 e. The maximum atomic E-state index is 13.0. The Morgan fingerprint density at radius 2 is 1.93 bits per heavy atom. The topological polar surface area (TPSA) is 63.1 Å². The third-order valence-corrected chi connectivity index (χ3v) is 5.24. The molecule has 3 aromatic rings. The fourth-order valence-corrected chi connectivity index (χ4v) is 3.51. The van der Waals surface area contributed by atoms with Crippen LogP contribution in [-0.2, 0) is 0 Å². The molecule has 1 aromatic carbocycles. The Kier molecular flexibility index (Phi) is 4.53. The molecule has 1 saturated heterocycles. The smallest absolute Gasteiger partial charge is 0.261 e. The predicted molar refractivity (Wildman–Crippen MR) is 109 cm³/mol. The monoisotopic (exact) mass is 380 g/mol. The lowest BCUT2D eigenvalue weighted by Crippen LogP contribution is -2.37. The summed E-state index contributed by atoms with van der Waals surface area (Å²) in [5, 5.41) is 0. The molecule has 27 heavy (non-hydrogen) atoms. The number of pyridine rings is 1. The van der Waals surface area contributed by atoms with Crippen molar-refractivity contribution in [1.29, 1.82) is 0 Å². The largest absolute Gasteiger partial charge is 0.497 e. The highest BCUT2D eigenvalue weighted by Gasteiger charge is 2.22. The average Bonchev–Trinajstić information content (AvgIpc) is 2.64. The van der Waals surface area contributed by atoms with Crippen molar-refractivity contribution in [2.75, 3.05) is 25.1 Å². The van der Waals surface area contributed by atoms with E-state index in [1.54, 1.807) is 20.4 Å². The standard InChI is InChI=1S/C20H20N4O2S/c1-13-18(17-16(23-10-3-11-23)8-9-21-19(17)27)22-12-24(20(13)25)14-4-6-15(26-2)7-5-14/h4-9,12H,3,10-11H2,1-2H3,(H,21,27). The summed E-state index contributed by atoms with van der Waals surface area (Å²) < 4.78 is 7.31. The molecule has 0 aliphatic carbocycles. The van der Waals surface area contributed by atoms with Crippen LogP contribution in [0.2, 0.25) is 0 Å². The van der Waals surface area contributed by atoms with E-state index in [9.17, 15) is 4.79 Å². The molecule has 0 saturated carbocycles. The number of hydrogen-bond acceptors (Lipinski definition) is 5. The predicted octanol–water partition coefficient (Wildman–Crippen LogP) is 3.48. The molecule has 1 N–H and O–H groups in total. The van der Waals surface area contributed by atoms with E-state index in [4.69, 9.17) is 17.0 Å². The first-order valence-corrected chi connectivity index (χ1v) is 9.20. The van der Waals surface area contributed by atoms with Gasteiger partial charge in [-0.15, -0.1) is 0 Å². The van der Waals surface area contributed by atoms with Crippen LogP contribution < -0.4 is 15.2 Å². The van der Waals surface area contributed by atoms with Gasteiger partial charge in [0.1, 0.15) is 16.7 Å². The quantitative estimate of drug-likeness (QED) is 0.702. The second-order valence-corrected chi connectivity index (χ2v) is 6.91. The second-order valence-electron chi connectivity index (χ2n) is 6.50. The first-order chi connectivity index (χ1) is 13.1. The number of anilines is 1. The van der Waals surface area contributed by atoms with Gasteiger partial charge in [-0.05, 0) is 43.7 Å². The normalized spacial score (nSPS) is 13.3. The highest BCUT2D eigenvalue weighted by atomic mass is 32.1. The van der Waals surface area contributed by atoms with Gasteiger partial charge in [-0.2, -0.15) is 0 Å². The van der Waals surface area contributed by atoms with Crippen LogP contribution in [0.5, 0.6) is 5.75 Å². The minimum absolute atomic E-state index is 0.113. The Bertz CT molecular complexity index is 1100. The minimum atomic E-state index is -0.113. The summed E-state index contributed by atoms with van der Waals surface area (Å²) in [6, 6.07) is 9.31. The van der Waals surface area contributed by atoms with E-state index in [0.717, 1.165) is 42.2 Å². The van der Waals surface area contributed by atoms with Crippen molar-refractivity contribution in [3.63, 3.8) is 0 Å². The van der Waals surface area contributed by atoms with Crippen LogP contribution in [0.4, 0.5) is 5.69 Å². The van der Waals surface area contributed by atoms with Crippen molar-refractivity contribution in [1.82, 2.24) is 14.5 Å². The summed E-state index contributed by atoms with van der Waals surface area (Å²) >= 11 is 5.52. The zero-order valence-corrected chi connectivity index (χ0v) is 16.0. The molecule has 138 valence electrons. The summed E-state index contributed by atoms with van der Waals surface area (Å²) in [5.41, 5.74) is 3.68. The van der Waals surface area contributed by atoms with Crippen LogP contribution >= 0.6 is 12.2 Å². The van der Waals surface area contributed by atoms with Crippen LogP contribution in [0.15, 0.2) is 47.7 Å². The van der Waals surface area contributed by atoms with Gasteiger partial charge in [0, 0.05) is 24.8 Å². The summed E-state index contributed by atoms with van der Waals surface area (Å²) in [7, 11) is 1.61. The Morgan fingerprint density at radius 3 is 2.56 bits per heavy atom. The number of aromatic amines is 1. The van der Waals surface area contributed by atoms with Crippen LogP contribution in [-0.4, -0.2) is 34.7 Å². The van der Waals surface area contributed by atoms with Gasteiger partial charge in [0.15, 0.2) is 0 Å². The van der Waals surface area contributed by atoms with Crippen molar-refractivity contribution in [2.45, 2.75) is 13.3 Å². The average molecular weight is 380 g/mol. The van der Waals surface area contributed by atoms with E-state index in [1.807, 2.05) is 36.5 Å². The lowest BCUT2D eigenvalue weighted by Gasteiger charge is -2.34. The van der Waals surface area contributed by atoms with E-state index in [0.29, 0.717) is 15.9 Å². The summed E-state index contributed by atoms with van der Waals surface area (Å²) in [4.78, 5) is 23.0. The van der Waals surface area contributed by atoms with Crippen LogP contribution in [0, 0.1) is 11.6 Å². The molecule has 0 atom stereocenters. The molecule has 2 aromatic heterocycles. The fourth-order valence-electron chi connectivity index (χ4n) is 3.24. The molecule has 0 unspecified atom stereocenters. The van der Waals surface area contributed by atoms with Gasteiger partial charge in [-0.1, -0.05) is 12.2 Å². The number of aromatic nitrogens is 3. The third kappa shape index (κ3) is 3.04. The molecule has 6 nitrogen and oxygen atoms in total. The van der Waals surface area contributed by atoms with Crippen LogP contribution in [0.25, 0.3) is 16.9 Å². The molecule has 4 rings (SSSR count). The summed E-state index contributed by atoms with van der Waals surface area (Å²) in [6.07, 6.45) is 4.57. The van der Waals surface area contributed by atoms with Gasteiger partial charge < -0.3 is 14.6 Å². The van der Waals surface area contributed by atoms with E-state index in [2.05, 4.69) is 14.9 Å². The number of nitrogens with zero attached hydrogens (tertiary/aromatic N) is 3. The third-order valence-electron chi connectivity index (χ3n) is 4.92. The van der Waals surface area contributed by atoms with E-state index in [1.165, 1.54) is 4.57 Å². The lowest BCUT2D eigenvalue weighted by atomic mass is 10.0. The molecule has 0 spiro atoms. The fraction of sp³-hybridized carbons (Fsp3) is 0.250. The first-order valence-electron chi connectivity index (χ1n) is 8.80. The number of H-pyrrole nitrogens is 1. The minimum Gasteiger partial charge on any atom is -0.497 e. The van der Waals surface area contributed by atoms with Gasteiger partial charge in [-0.3, -0.25) is 9.36 Å². The SMILES string of the molecule is COc1ccc(-n2cnc(-c3c(N4CCC4)cc[nH]c3=S)c(C)c2=O)cc1. The molecule has 0 bridgehead atoms. The van der Waals surface area contributed by atoms with E-state index < -0.39 is 0 Å². The Balaban J connectivity index is 1.84. The molecule has 7 heteroatoms. The number of rotatable bonds is 4. The Hall–Kier alpha value is -2.93. The number of nitrogens with one attached hydrogen (secondary N) is 1.